The van der Waals surface area contributed by atoms with Crippen LogP contribution in [-0.4, -0.2) is 18.4 Å². The summed E-state index contributed by atoms with van der Waals surface area (Å²) in [6.45, 7) is 0. The summed E-state index contributed by atoms with van der Waals surface area (Å²) in [5.41, 5.74) is -0.820. The minimum Gasteiger partial charge on any atom is -0.333 e. The van der Waals surface area contributed by atoms with Crippen LogP contribution in [0, 0.1) is 0 Å². The number of nitrogens with zero attached hydrogens (tertiary/aromatic N) is 1. The van der Waals surface area contributed by atoms with Crippen LogP contribution in [-0.2, 0) is 15.2 Å². The van der Waals surface area contributed by atoms with E-state index in [1.807, 2.05) is 4.98 Å². The highest BCUT2D eigenvalue weighted by Crippen LogP contribution is 2.43. The standard InChI is InChI=1S/C8HBrCl3F3N2O2S/c9-1-2(10)3(11)6(20(12,18)19)5-4(1)16-7(17-5)8(13,14)15/h(H,16,17). The van der Waals surface area contributed by atoms with Crippen LogP contribution in [0.1, 0.15) is 5.82 Å². The first-order valence-corrected chi connectivity index (χ1v) is 8.38. The Morgan fingerprint density at radius 3 is 2.20 bits per heavy atom. The number of H-pyrrole nitrogens is 1. The maximum absolute atomic E-state index is 12.6. The van der Waals surface area contributed by atoms with Crippen molar-refractivity contribution in [3.8, 4) is 0 Å². The largest absolute Gasteiger partial charge is 0.449 e. The van der Waals surface area contributed by atoms with E-state index in [4.69, 9.17) is 33.9 Å². The number of aromatic amines is 1. The molecule has 1 aromatic heterocycles. The molecule has 4 nitrogen and oxygen atoms in total. The minimum absolute atomic E-state index is 0.0498. The summed E-state index contributed by atoms with van der Waals surface area (Å²) >= 11 is 14.4. The smallest absolute Gasteiger partial charge is 0.333 e. The first-order chi connectivity index (χ1) is 8.94. The summed E-state index contributed by atoms with van der Waals surface area (Å²) in [4.78, 5) is 4.35. The predicted octanol–water partition coefficient (Wildman–Crippen LogP) is 4.58. The van der Waals surface area contributed by atoms with E-state index in [9.17, 15) is 21.6 Å². The first-order valence-electron chi connectivity index (χ1n) is 4.52. The lowest BCUT2D eigenvalue weighted by Crippen LogP contribution is -2.07. The van der Waals surface area contributed by atoms with Crippen LogP contribution >= 0.6 is 49.8 Å². The first kappa shape index (κ1) is 16.2. The highest BCUT2D eigenvalue weighted by atomic mass is 79.9. The third-order valence-corrected chi connectivity index (χ3v) is 5.57. The topological polar surface area (TPSA) is 62.8 Å². The fraction of sp³-hybridized carbons (Fsp3) is 0.125. The molecule has 0 fully saturated rings. The fourth-order valence-electron chi connectivity index (χ4n) is 1.46. The molecule has 0 radical (unpaired) electrons. The highest BCUT2D eigenvalue weighted by Gasteiger charge is 2.37. The van der Waals surface area contributed by atoms with E-state index in [2.05, 4.69) is 20.9 Å². The second-order valence-corrected chi connectivity index (χ2v) is 7.57. The Hall–Kier alpha value is -0.220. The van der Waals surface area contributed by atoms with E-state index >= 15 is 0 Å². The van der Waals surface area contributed by atoms with E-state index in [-0.39, 0.29) is 15.0 Å². The molecule has 2 rings (SSSR count). The summed E-state index contributed by atoms with van der Waals surface area (Å²) < 4.78 is 60.8. The maximum atomic E-state index is 12.6. The monoisotopic (exact) mass is 430 g/mol. The van der Waals surface area contributed by atoms with Crippen LogP contribution in [0.3, 0.4) is 0 Å². The zero-order chi connectivity index (χ0) is 15.5. The molecule has 0 aliphatic heterocycles. The molecule has 110 valence electrons. The van der Waals surface area contributed by atoms with Crippen LogP contribution in [0.15, 0.2) is 9.37 Å². The van der Waals surface area contributed by atoms with Crippen molar-refractivity contribution < 1.29 is 21.6 Å². The van der Waals surface area contributed by atoms with Gasteiger partial charge >= 0.3 is 6.18 Å². The molecule has 1 aromatic carbocycles. The molecule has 0 spiro atoms. The number of hydrogen-bond donors (Lipinski definition) is 1. The SMILES string of the molecule is O=S(=O)(Cl)c1c(Cl)c(Cl)c(Br)c2[nH]c(C(F)(F)F)nc12. The van der Waals surface area contributed by atoms with E-state index < -0.39 is 36.5 Å². The minimum atomic E-state index is -4.80. The van der Waals surface area contributed by atoms with E-state index in [1.54, 1.807) is 0 Å². The molecule has 0 atom stereocenters. The lowest BCUT2D eigenvalue weighted by molar-refractivity contribution is -0.144. The summed E-state index contributed by atoms with van der Waals surface area (Å²) in [5, 5.41) is -0.808. The third kappa shape index (κ3) is 2.61. The Kier molecular flexibility index (Phi) is 3.96. The van der Waals surface area contributed by atoms with Crippen LogP contribution in [0.25, 0.3) is 11.0 Å². The van der Waals surface area contributed by atoms with Crippen LogP contribution in [0.4, 0.5) is 13.2 Å². The normalized spacial score (nSPS) is 13.2. The van der Waals surface area contributed by atoms with E-state index in [1.165, 1.54) is 0 Å². The number of alkyl halides is 3. The maximum Gasteiger partial charge on any atom is 0.449 e. The van der Waals surface area contributed by atoms with Crippen LogP contribution in [0.2, 0.25) is 10.0 Å². The molecule has 12 heteroatoms. The Bertz CT molecular complexity index is 819. The molecule has 0 aliphatic carbocycles. The molecule has 20 heavy (non-hydrogen) atoms. The number of nitrogens with one attached hydrogen (secondary N) is 1. The van der Waals surface area contributed by atoms with Crippen molar-refractivity contribution in [2.24, 2.45) is 0 Å². The molecule has 2 aromatic rings. The molecule has 1 heterocycles. The van der Waals surface area contributed by atoms with Crippen molar-refractivity contribution in [3.63, 3.8) is 0 Å². The second-order valence-electron chi connectivity index (χ2n) is 3.52. The van der Waals surface area contributed by atoms with E-state index in [0.29, 0.717) is 0 Å². The van der Waals surface area contributed by atoms with Gasteiger partial charge in [0, 0.05) is 10.7 Å². The molecule has 1 N–H and O–H groups in total. The molecule has 0 bridgehead atoms. The third-order valence-electron chi connectivity index (χ3n) is 2.24. The average molecular weight is 432 g/mol. The van der Waals surface area contributed by atoms with Gasteiger partial charge in [-0.15, -0.1) is 0 Å². The van der Waals surface area contributed by atoms with Gasteiger partial charge in [0.25, 0.3) is 9.05 Å². The van der Waals surface area contributed by atoms with Gasteiger partial charge in [-0.3, -0.25) is 0 Å². The van der Waals surface area contributed by atoms with Crippen molar-refractivity contribution in [2.45, 2.75) is 11.1 Å². The number of imidazole rings is 1. The van der Waals surface area contributed by atoms with Crippen LogP contribution in [0.5, 0.6) is 0 Å². The van der Waals surface area contributed by atoms with Gasteiger partial charge < -0.3 is 4.98 Å². The fourth-order valence-corrected chi connectivity index (χ4v) is 4.06. The summed E-state index contributed by atoms with van der Waals surface area (Å²) in [5.74, 6) is -1.40. The number of hydrogen-bond acceptors (Lipinski definition) is 3. The Labute approximate surface area is 132 Å². The van der Waals surface area contributed by atoms with Gasteiger partial charge in [-0.1, -0.05) is 23.2 Å². The quantitative estimate of drug-likeness (QED) is 0.530. The Morgan fingerprint density at radius 2 is 1.75 bits per heavy atom. The lowest BCUT2D eigenvalue weighted by atomic mass is 10.3. The van der Waals surface area contributed by atoms with Crippen molar-refractivity contribution in [1.29, 1.82) is 0 Å². The van der Waals surface area contributed by atoms with Gasteiger partial charge in [-0.2, -0.15) is 13.2 Å². The van der Waals surface area contributed by atoms with E-state index in [0.717, 1.165) is 0 Å². The average Bonchev–Trinajstić information content (AvgIpc) is 2.68. The van der Waals surface area contributed by atoms with Crippen molar-refractivity contribution in [2.75, 3.05) is 0 Å². The molecule has 0 saturated heterocycles. The Balaban J connectivity index is 3.03. The number of fused-ring (bicyclic) bond motifs is 1. The highest BCUT2D eigenvalue weighted by molar-refractivity contribution is 9.10. The zero-order valence-corrected chi connectivity index (χ0v) is 13.5. The van der Waals surface area contributed by atoms with Gasteiger partial charge in [-0.25, -0.2) is 13.4 Å². The number of rotatable bonds is 1. The molecular formula is C8HBrCl3F3N2O2S. The van der Waals surface area contributed by atoms with Crippen LogP contribution < -0.4 is 0 Å². The number of halogens is 7. The van der Waals surface area contributed by atoms with Gasteiger partial charge in [-0.05, 0) is 15.9 Å². The van der Waals surface area contributed by atoms with Crippen molar-refractivity contribution >= 4 is 69.9 Å². The number of aromatic nitrogens is 2. The molecular weight excluding hydrogens is 431 g/mol. The number of benzene rings is 1. The summed E-state index contributed by atoms with van der Waals surface area (Å²) in [7, 11) is 0.723. The zero-order valence-electron chi connectivity index (χ0n) is 8.82. The lowest BCUT2D eigenvalue weighted by Gasteiger charge is -2.06. The van der Waals surface area contributed by atoms with Gasteiger partial charge in [0.05, 0.1) is 20.0 Å². The van der Waals surface area contributed by atoms with Gasteiger partial charge in [0.1, 0.15) is 10.4 Å². The predicted molar refractivity (Wildman–Crippen MR) is 71.9 cm³/mol. The molecule has 0 aliphatic rings. The second kappa shape index (κ2) is 4.91. The van der Waals surface area contributed by atoms with Crippen molar-refractivity contribution in [1.82, 2.24) is 9.97 Å². The van der Waals surface area contributed by atoms with Gasteiger partial charge in [0.2, 0.25) is 5.82 Å². The molecule has 0 amide bonds. The summed E-state index contributed by atoms with van der Waals surface area (Å²) in [6.07, 6.45) is -4.80. The Morgan fingerprint density at radius 1 is 1.20 bits per heavy atom. The molecule has 0 saturated carbocycles. The van der Waals surface area contributed by atoms with Crippen molar-refractivity contribution in [3.05, 3.63) is 20.3 Å². The molecule has 0 unspecified atom stereocenters. The summed E-state index contributed by atoms with van der Waals surface area (Å²) in [6, 6.07) is 0. The van der Waals surface area contributed by atoms with Gasteiger partial charge in [0.15, 0.2) is 0 Å².